The Balaban J connectivity index is 2.39. The molecule has 18 heavy (non-hydrogen) atoms. The molecular formula is C12H12N4O2. The predicted octanol–water partition coefficient (Wildman–Crippen LogP) is 0.376. The molecule has 0 atom stereocenters. The van der Waals surface area contributed by atoms with Crippen LogP contribution in [-0.2, 0) is 6.42 Å². The number of carbonyl (C=O) groups is 1. The third-order valence-corrected chi connectivity index (χ3v) is 2.48. The quantitative estimate of drug-likeness (QED) is 0.411. The van der Waals surface area contributed by atoms with E-state index in [0.717, 1.165) is 0 Å². The fourth-order valence-corrected chi connectivity index (χ4v) is 1.68. The van der Waals surface area contributed by atoms with Crippen LogP contribution in [0, 0.1) is 0 Å². The van der Waals surface area contributed by atoms with Crippen molar-refractivity contribution in [3.8, 4) is 5.75 Å². The molecule has 0 bridgehead atoms. The van der Waals surface area contributed by atoms with E-state index in [2.05, 4.69) is 9.97 Å². The first kappa shape index (κ1) is 12.0. The average Bonchev–Trinajstić information content (AvgIpc) is 2.39. The predicted molar refractivity (Wildman–Crippen MR) is 64.6 cm³/mol. The largest absolute Gasteiger partial charge is 0.507 e. The van der Waals surface area contributed by atoms with Gasteiger partial charge >= 0.3 is 0 Å². The third kappa shape index (κ3) is 2.44. The highest BCUT2D eigenvalue weighted by Crippen LogP contribution is 2.22. The zero-order valence-corrected chi connectivity index (χ0v) is 9.50. The van der Waals surface area contributed by atoms with Crippen molar-refractivity contribution in [1.82, 2.24) is 15.4 Å². The normalized spacial score (nSPS) is 10.1. The molecule has 0 aliphatic heterocycles. The summed E-state index contributed by atoms with van der Waals surface area (Å²) in [6.07, 6.45) is 5.14. The number of aromatic hydroxyl groups is 1. The van der Waals surface area contributed by atoms with Gasteiger partial charge in [-0.15, -0.1) is 0 Å². The van der Waals surface area contributed by atoms with Crippen LogP contribution < -0.4 is 11.3 Å². The van der Waals surface area contributed by atoms with Crippen molar-refractivity contribution in [3.63, 3.8) is 0 Å². The molecule has 1 amide bonds. The second kappa shape index (κ2) is 5.24. The molecule has 0 saturated heterocycles. The molecule has 6 heteroatoms. The second-order valence-electron chi connectivity index (χ2n) is 3.66. The molecule has 0 radical (unpaired) electrons. The number of nitrogens with two attached hydrogens (primary N) is 1. The van der Waals surface area contributed by atoms with E-state index >= 15 is 0 Å². The van der Waals surface area contributed by atoms with Gasteiger partial charge in [0, 0.05) is 25.0 Å². The van der Waals surface area contributed by atoms with Gasteiger partial charge in [0.2, 0.25) is 0 Å². The summed E-state index contributed by atoms with van der Waals surface area (Å²) in [6.45, 7) is 0. The standard InChI is InChI=1S/C12H12N4O2/c13-16-12(18)11-8(2-1-3-10(11)17)6-9-7-14-4-5-15-9/h1-5,7,17H,6,13H2,(H,16,18). The summed E-state index contributed by atoms with van der Waals surface area (Å²) in [6, 6.07) is 4.83. The van der Waals surface area contributed by atoms with Crippen LogP contribution in [0.5, 0.6) is 5.75 Å². The summed E-state index contributed by atoms with van der Waals surface area (Å²) in [5.74, 6) is 4.45. The molecule has 1 heterocycles. The van der Waals surface area contributed by atoms with E-state index in [0.29, 0.717) is 17.7 Å². The van der Waals surface area contributed by atoms with Gasteiger partial charge in [-0.2, -0.15) is 0 Å². The fourth-order valence-electron chi connectivity index (χ4n) is 1.68. The Kier molecular flexibility index (Phi) is 3.49. The zero-order chi connectivity index (χ0) is 13.0. The van der Waals surface area contributed by atoms with Gasteiger partial charge in [0.25, 0.3) is 5.91 Å². The number of amides is 1. The van der Waals surface area contributed by atoms with E-state index in [1.165, 1.54) is 6.07 Å². The Morgan fingerprint density at radius 3 is 2.89 bits per heavy atom. The Labute approximate surface area is 103 Å². The summed E-state index contributed by atoms with van der Waals surface area (Å²) in [5, 5.41) is 9.72. The molecule has 1 aromatic carbocycles. The van der Waals surface area contributed by atoms with Crippen LogP contribution in [0.4, 0.5) is 0 Å². The van der Waals surface area contributed by atoms with Crippen LogP contribution in [0.1, 0.15) is 21.6 Å². The minimum Gasteiger partial charge on any atom is -0.507 e. The van der Waals surface area contributed by atoms with Crippen molar-refractivity contribution >= 4 is 5.91 Å². The smallest absolute Gasteiger partial charge is 0.269 e. The van der Waals surface area contributed by atoms with E-state index in [4.69, 9.17) is 5.84 Å². The lowest BCUT2D eigenvalue weighted by molar-refractivity contribution is 0.0950. The van der Waals surface area contributed by atoms with Gasteiger partial charge in [-0.05, 0) is 11.6 Å². The molecule has 6 nitrogen and oxygen atoms in total. The number of carbonyl (C=O) groups excluding carboxylic acids is 1. The van der Waals surface area contributed by atoms with Gasteiger partial charge in [0.15, 0.2) is 0 Å². The molecule has 2 aromatic rings. The number of nitrogens with zero attached hydrogens (tertiary/aromatic N) is 2. The maximum atomic E-state index is 11.6. The molecule has 2 rings (SSSR count). The fraction of sp³-hybridized carbons (Fsp3) is 0.0833. The molecular weight excluding hydrogens is 232 g/mol. The Hall–Kier alpha value is -2.47. The SMILES string of the molecule is NNC(=O)c1c(O)cccc1Cc1cnccn1. The van der Waals surface area contributed by atoms with E-state index < -0.39 is 5.91 Å². The van der Waals surface area contributed by atoms with E-state index in [1.54, 1.807) is 30.7 Å². The second-order valence-corrected chi connectivity index (χ2v) is 3.66. The Morgan fingerprint density at radius 1 is 1.39 bits per heavy atom. The van der Waals surface area contributed by atoms with Crippen LogP contribution >= 0.6 is 0 Å². The van der Waals surface area contributed by atoms with Crippen LogP contribution in [0.15, 0.2) is 36.8 Å². The zero-order valence-electron chi connectivity index (χ0n) is 9.50. The summed E-state index contributed by atoms with van der Waals surface area (Å²) in [7, 11) is 0. The number of hydrogen-bond acceptors (Lipinski definition) is 5. The lowest BCUT2D eigenvalue weighted by atomic mass is 10.0. The number of rotatable bonds is 3. The molecule has 0 aliphatic carbocycles. The first-order valence-corrected chi connectivity index (χ1v) is 5.29. The lowest BCUT2D eigenvalue weighted by Crippen LogP contribution is -2.31. The van der Waals surface area contributed by atoms with Crippen LogP contribution in [0.25, 0.3) is 0 Å². The van der Waals surface area contributed by atoms with Gasteiger partial charge in [0.1, 0.15) is 5.75 Å². The molecule has 4 N–H and O–H groups in total. The molecule has 0 aliphatic rings. The lowest BCUT2D eigenvalue weighted by Gasteiger charge is -2.09. The topological polar surface area (TPSA) is 101 Å². The van der Waals surface area contributed by atoms with Crippen molar-refractivity contribution in [1.29, 1.82) is 0 Å². The molecule has 0 unspecified atom stereocenters. The number of nitrogens with one attached hydrogen (secondary N) is 1. The highest BCUT2D eigenvalue weighted by molar-refractivity contribution is 5.98. The molecule has 1 aromatic heterocycles. The van der Waals surface area contributed by atoms with Crippen molar-refractivity contribution in [2.24, 2.45) is 5.84 Å². The first-order valence-electron chi connectivity index (χ1n) is 5.29. The number of phenolic OH excluding ortho intramolecular Hbond substituents is 1. The van der Waals surface area contributed by atoms with E-state index in [-0.39, 0.29) is 11.3 Å². The maximum absolute atomic E-state index is 11.6. The first-order chi connectivity index (χ1) is 8.72. The average molecular weight is 244 g/mol. The van der Waals surface area contributed by atoms with Crippen LogP contribution in [-0.4, -0.2) is 21.0 Å². The minimum atomic E-state index is -0.535. The van der Waals surface area contributed by atoms with Gasteiger partial charge in [-0.1, -0.05) is 12.1 Å². The van der Waals surface area contributed by atoms with Crippen LogP contribution in [0.2, 0.25) is 0 Å². The Morgan fingerprint density at radius 2 is 2.22 bits per heavy atom. The van der Waals surface area contributed by atoms with Gasteiger partial charge < -0.3 is 5.11 Å². The van der Waals surface area contributed by atoms with Crippen molar-refractivity contribution in [2.75, 3.05) is 0 Å². The number of benzene rings is 1. The summed E-state index contributed by atoms with van der Waals surface area (Å²) in [5.41, 5.74) is 3.51. The van der Waals surface area contributed by atoms with Crippen molar-refractivity contribution < 1.29 is 9.90 Å². The maximum Gasteiger partial charge on any atom is 0.269 e. The van der Waals surface area contributed by atoms with Gasteiger partial charge in [0.05, 0.1) is 11.3 Å². The number of phenols is 1. The summed E-state index contributed by atoms with van der Waals surface area (Å²) < 4.78 is 0. The summed E-state index contributed by atoms with van der Waals surface area (Å²) >= 11 is 0. The highest BCUT2D eigenvalue weighted by atomic mass is 16.3. The minimum absolute atomic E-state index is 0.112. The van der Waals surface area contributed by atoms with Crippen LogP contribution in [0.3, 0.4) is 0 Å². The van der Waals surface area contributed by atoms with Gasteiger partial charge in [-0.3, -0.25) is 20.2 Å². The van der Waals surface area contributed by atoms with E-state index in [1.807, 2.05) is 5.43 Å². The number of nitrogen functional groups attached to an aromatic ring is 1. The van der Waals surface area contributed by atoms with Crippen molar-refractivity contribution in [3.05, 3.63) is 53.6 Å². The number of aromatic nitrogens is 2. The molecule has 0 spiro atoms. The summed E-state index contributed by atoms with van der Waals surface area (Å²) in [4.78, 5) is 19.7. The number of hydrazine groups is 1. The third-order valence-electron chi connectivity index (χ3n) is 2.48. The highest BCUT2D eigenvalue weighted by Gasteiger charge is 2.15. The number of hydrogen-bond donors (Lipinski definition) is 3. The molecule has 92 valence electrons. The molecule has 0 fully saturated rings. The molecule has 0 saturated carbocycles. The van der Waals surface area contributed by atoms with Gasteiger partial charge in [-0.25, -0.2) is 5.84 Å². The Bertz CT molecular complexity index is 557. The van der Waals surface area contributed by atoms with E-state index in [9.17, 15) is 9.90 Å². The monoisotopic (exact) mass is 244 g/mol. The van der Waals surface area contributed by atoms with Crippen molar-refractivity contribution in [2.45, 2.75) is 6.42 Å².